The van der Waals surface area contributed by atoms with Gasteiger partial charge in [0.1, 0.15) is 6.04 Å². The number of amides is 2. The highest BCUT2D eigenvalue weighted by Crippen LogP contribution is 2.26. The lowest BCUT2D eigenvalue weighted by molar-refractivity contribution is -0.140. The van der Waals surface area contributed by atoms with E-state index in [1.807, 2.05) is 38.1 Å². The Morgan fingerprint density at radius 3 is 2.30 bits per heavy atom. The van der Waals surface area contributed by atoms with Gasteiger partial charge in [-0.1, -0.05) is 66.0 Å². The van der Waals surface area contributed by atoms with Crippen molar-refractivity contribution < 1.29 is 9.59 Å². The fraction of sp³-hybridized carbons (Fsp3) is 0.333. The molecule has 0 aromatic heterocycles. The lowest BCUT2D eigenvalue weighted by atomic mass is 10.1. The number of likely N-dealkylation sites (N-methyl/N-ethyl adjacent to an activating group) is 1. The predicted molar refractivity (Wildman–Crippen MR) is 110 cm³/mol. The van der Waals surface area contributed by atoms with Crippen molar-refractivity contribution in [2.75, 3.05) is 7.05 Å². The Morgan fingerprint density at radius 2 is 1.74 bits per heavy atom. The number of aryl methyl sites for hydroxylation is 1. The largest absolute Gasteiger partial charge is 0.357 e. The first-order valence-electron chi connectivity index (χ1n) is 8.86. The van der Waals surface area contributed by atoms with Crippen LogP contribution in [-0.4, -0.2) is 29.8 Å². The summed E-state index contributed by atoms with van der Waals surface area (Å²) < 4.78 is 0. The van der Waals surface area contributed by atoms with Crippen LogP contribution in [0.5, 0.6) is 0 Å². The normalized spacial score (nSPS) is 11.7. The monoisotopic (exact) mass is 406 g/mol. The summed E-state index contributed by atoms with van der Waals surface area (Å²) in [4.78, 5) is 27.1. The van der Waals surface area contributed by atoms with Crippen LogP contribution in [0.15, 0.2) is 42.5 Å². The van der Waals surface area contributed by atoms with E-state index >= 15 is 0 Å². The first-order chi connectivity index (χ1) is 12.9. The summed E-state index contributed by atoms with van der Waals surface area (Å²) in [6.45, 7) is 4.22. The van der Waals surface area contributed by atoms with Gasteiger partial charge in [-0.05, 0) is 36.6 Å². The molecule has 0 spiro atoms. The lowest BCUT2D eigenvalue weighted by Gasteiger charge is -2.30. The maximum absolute atomic E-state index is 13.2. The number of carbonyl (C=O) groups is 2. The maximum Gasteiger partial charge on any atom is 0.242 e. The van der Waals surface area contributed by atoms with Crippen LogP contribution < -0.4 is 5.32 Å². The van der Waals surface area contributed by atoms with E-state index < -0.39 is 6.04 Å². The Morgan fingerprint density at radius 1 is 1.11 bits per heavy atom. The Bertz CT molecular complexity index is 803. The summed E-state index contributed by atoms with van der Waals surface area (Å²) in [6, 6.07) is 12.5. The van der Waals surface area contributed by atoms with E-state index in [9.17, 15) is 9.59 Å². The van der Waals surface area contributed by atoms with Crippen molar-refractivity contribution in [3.63, 3.8) is 0 Å². The van der Waals surface area contributed by atoms with Crippen molar-refractivity contribution in [1.29, 1.82) is 0 Å². The van der Waals surface area contributed by atoms with Crippen molar-refractivity contribution in [3.05, 3.63) is 69.2 Å². The molecular weight excluding hydrogens is 383 g/mol. The molecule has 2 aromatic rings. The summed E-state index contributed by atoms with van der Waals surface area (Å²) in [7, 11) is 1.57. The van der Waals surface area contributed by atoms with Crippen LogP contribution in [0.3, 0.4) is 0 Å². The fourth-order valence-corrected chi connectivity index (χ4v) is 3.58. The van der Waals surface area contributed by atoms with Gasteiger partial charge in [-0.15, -0.1) is 0 Å². The molecule has 1 unspecified atom stereocenters. The van der Waals surface area contributed by atoms with Crippen molar-refractivity contribution in [1.82, 2.24) is 10.2 Å². The van der Waals surface area contributed by atoms with Crippen LogP contribution in [0.1, 0.15) is 30.0 Å². The molecule has 6 heteroatoms. The summed E-state index contributed by atoms with van der Waals surface area (Å²) in [5.41, 5.74) is 2.64. The molecule has 0 bridgehead atoms. The molecular formula is C21H24Cl2N2O2. The number of rotatable bonds is 7. The van der Waals surface area contributed by atoms with Gasteiger partial charge in [-0.2, -0.15) is 0 Å². The first kappa shape index (κ1) is 21.3. The topological polar surface area (TPSA) is 49.4 Å². The number of nitrogens with zero attached hydrogens (tertiary/aromatic N) is 1. The van der Waals surface area contributed by atoms with E-state index in [2.05, 4.69) is 5.32 Å². The van der Waals surface area contributed by atoms with Crippen molar-refractivity contribution in [2.24, 2.45) is 0 Å². The van der Waals surface area contributed by atoms with E-state index in [4.69, 9.17) is 23.2 Å². The standard InChI is InChI=1S/C21H24Cl2N2O2/c1-4-19(21(27)24-3)25(13-15-8-5-7-14(2)11-15)20(26)12-16-17(22)9-6-10-18(16)23/h5-11,19H,4,12-13H2,1-3H3,(H,24,27). The lowest BCUT2D eigenvalue weighted by Crippen LogP contribution is -2.48. The van der Waals surface area contributed by atoms with E-state index in [1.165, 1.54) is 0 Å². The number of nitrogens with one attached hydrogen (secondary N) is 1. The Hall–Kier alpha value is -2.04. The summed E-state index contributed by atoms with van der Waals surface area (Å²) in [5.74, 6) is -0.384. The van der Waals surface area contributed by atoms with Gasteiger partial charge in [-0.3, -0.25) is 9.59 Å². The first-order valence-corrected chi connectivity index (χ1v) is 9.62. The molecule has 2 rings (SSSR count). The smallest absolute Gasteiger partial charge is 0.242 e. The zero-order valence-corrected chi connectivity index (χ0v) is 17.3. The number of carbonyl (C=O) groups excluding carboxylic acids is 2. The number of benzene rings is 2. The molecule has 0 saturated heterocycles. The maximum atomic E-state index is 13.2. The highest BCUT2D eigenvalue weighted by Gasteiger charge is 2.28. The number of halogens is 2. The third kappa shape index (κ3) is 5.47. The molecule has 0 saturated carbocycles. The van der Waals surface area contributed by atoms with E-state index in [1.54, 1.807) is 30.1 Å². The van der Waals surface area contributed by atoms with Gasteiger partial charge >= 0.3 is 0 Å². The van der Waals surface area contributed by atoms with Crippen molar-refractivity contribution in [2.45, 2.75) is 39.3 Å². The van der Waals surface area contributed by atoms with Crippen molar-refractivity contribution >= 4 is 35.0 Å². The predicted octanol–water partition coefficient (Wildman–Crippen LogP) is 4.40. The van der Waals surface area contributed by atoms with Crippen LogP contribution >= 0.6 is 23.2 Å². The summed E-state index contributed by atoms with van der Waals surface area (Å²) in [5, 5.41) is 3.54. The second-order valence-corrected chi connectivity index (χ2v) is 7.24. The van der Waals surface area contributed by atoms with Crippen LogP contribution in [0.25, 0.3) is 0 Å². The molecule has 1 atom stereocenters. The third-order valence-corrected chi connectivity index (χ3v) is 5.17. The van der Waals surface area contributed by atoms with Gasteiger partial charge < -0.3 is 10.2 Å². The quantitative estimate of drug-likeness (QED) is 0.740. The molecule has 0 aliphatic carbocycles. The molecule has 0 radical (unpaired) electrons. The van der Waals surface area contributed by atoms with Gasteiger partial charge in [0, 0.05) is 23.6 Å². The molecule has 0 aliphatic heterocycles. The van der Waals surface area contributed by atoms with E-state index in [-0.39, 0.29) is 18.2 Å². The zero-order valence-electron chi connectivity index (χ0n) is 15.8. The average Bonchev–Trinajstić information content (AvgIpc) is 2.64. The fourth-order valence-electron chi connectivity index (χ4n) is 3.05. The Labute approximate surface area is 170 Å². The number of hydrogen-bond donors (Lipinski definition) is 1. The molecule has 2 amide bonds. The minimum Gasteiger partial charge on any atom is -0.357 e. The van der Waals surface area contributed by atoms with Crippen molar-refractivity contribution in [3.8, 4) is 0 Å². The number of hydrogen-bond acceptors (Lipinski definition) is 2. The summed E-state index contributed by atoms with van der Waals surface area (Å²) >= 11 is 12.5. The molecule has 1 N–H and O–H groups in total. The van der Waals surface area contributed by atoms with Crippen LogP contribution in [0.2, 0.25) is 10.0 Å². The summed E-state index contributed by atoms with van der Waals surface area (Å²) in [6.07, 6.45) is 0.547. The molecule has 0 heterocycles. The molecule has 27 heavy (non-hydrogen) atoms. The minimum absolute atomic E-state index is 0.0395. The van der Waals surface area contributed by atoms with Gasteiger partial charge in [0.25, 0.3) is 0 Å². The van der Waals surface area contributed by atoms with E-state index in [0.29, 0.717) is 28.6 Å². The Balaban J connectivity index is 2.35. The SMILES string of the molecule is CCC(C(=O)NC)N(Cc1cccc(C)c1)C(=O)Cc1c(Cl)cccc1Cl. The molecule has 4 nitrogen and oxygen atoms in total. The van der Waals surface area contributed by atoms with Gasteiger partial charge in [-0.25, -0.2) is 0 Å². The second kappa shape index (κ2) is 9.77. The molecule has 0 aliphatic rings. The highest BCUT2D eigenvalue weighted by atomic mass is 35.5. The molecule has 0 fully saturated rings. The van der Waals surface area contributed by atoms with Gasteiger partial charge in [0.2, 0.25) is 11.8 Å². The average molecular weight is 407 g/mol. The van der Waals surface area contributed by atoms with Gasteiger partial charge in [0.05, 0.1) is 6.42 Å². The zero-order chi connectivity index (χ0) is 20.0. The highest BCUT2D eigenvalue weighted by molar-refractivity contribution is 6.36. The van der Waals surface area contributed by atoms with Crippen LogP contribution in [0.4, 0.5) is 0 Å². The van der Waals surface area contributed by atoms with Crippen LogP contribution in [-0.2, 0) is 22.6 Å². The van der Waals surface area contributed by atoms with Crippen LogP contribution in [0, 0.1) is 6.92 Å². The minimum atomic E-state index is -0.565. The molecule has 2 aromatic carbocycles. The Kier molecular flexibility index (Phi) is 7.69. The second-order valence-electron chi connectivity index (χ2n) is 6.43. The molecule has 144 valence electrons. The van der Waals surface area contributed by atoms with E-state index in [0.717, 1.165) is 11.1 Å². The van der Waals surface area contributed by atoms with Gasteiger partial charge in [0.15, 0.2) is 0 Å². The third-order valence-electron chi connectivity index (χ3n) is 4.46.